The maximum Gasteiger partial charge on any atom is 0.156 e. The van der Waals surface area contributed by atoms with Crippen LogP contribution in [-0.2, 0) is 5.54 Å². The van der Waals surface area contributed by atoms with Gasteiger partial charge in [0.05, 0.1) is 11.2 Å². The fourth-order valence-corrected chi connectivity index (χ4v) is 2.01. The van der Waals surface area contributed by atoms with Crippen LogP contribution in [0.3, 0.4) is 0 Å². The van der Waals surface area contributed by atoms with Crippen molar-refractivity contribution in [3.63, 3.8) is 0 Å². The smallest absolute Gasteiger partial charge is 0.156 e. The van der Waals surface area contributed by atoms with E-state index in [0.717, 1.165) is 11.5 Å². The summed E-state index contributed by atoms with van der Waals surface area (Å²) in [6, 6.07) is 2.02. The molecule has 2 rings (SSSR count). The van der Waals surface area contributed by atoms with Gasteiger partial charge in [-0.3, -0.25) is 0 Å². The molecular weight excluding hydrogens is 176 g/mol. The first-order chi connectivity index (χ1) is 6.57. The summed E-state index contributed by atoms with van der Waals surface area (Å²) in [5.41, 5.74) is 6.62. The highest BCUT2D eigenvalue weighted by molar-refractivity contribution is 5.16. The van der Waals surface area contributed by atoms with Gasteiger partial charge in [-0.1, -0.05) is 18.0 Å². The lowest BCUT2D eigenvalue weighted by molar-refractivity contribution is 0.316. The van der Waals surface area contributed by atoms with E-state index in [9.17, 15) is 0 Å². The van der Waals surface area contributed by atoms with Gasteiger partial charge in [0.2, 0.25) is 0 Å². The highest BCUT2D eigenvalue weighted by Gasteiger charge is 2.25. The van der Waals surface area contributed by atoms with Crippen LogP contribution in [0.2, 0.25) is 0 Å². The summed E-state index contributed by atoms with van der Waals surface area (Å²) in [7, 11) is 0. The molecule has 0 aromatic carbocycles. The topological polar surface area (TPSA) is 52.0 Å². The lowest BCUT2D eigenvalue weighted by Gasteiger charge is -2.12. The van der Waals surface area contributed by atoms with Gasteiger partial charge in [-0.2, -0.15) is 0 Å². The van der Waals surface area contributed by atoms with E-state index in [4.69, 9.17) is 10.3 Å². The molecule has 0 bridgehead atoms. The fraction of sp³-hybridized carbons (Fsp3) is 0.727. The molecule has 1 aliphatic rings. The van der Waals surface area contributed by atoms with Gasteiger partial charge < -0.3 is 10.3 Å². The first-order valence-electron chi connectivity index (χ1n) is 5.33. The molecular formula is C11H18N2O. The normalized spacial score (nSPS) is 19.1. The molecule has 78 valence electrons. The molecule has 1 aromatic rings. The Morgan fingerprint density at radius 3 is 2.57 bits per heavy atom. The van der Waals surface area contributed by atoms with Crippen molar-refractivity contribution in [3.8, 4) is 0 Å². The standard InChI is InChI=1S/C11H18N2O/c1-11(2,12)10-7-9(13-14-10)8-5-3-4-6-8/h7-8H,3-6,12H2,1-2H3. The molecule has 14 heavy (non-hydrogen) atoms. The van der Waals surface area contributed by atoms with Gasteiger partial charge in [0.15, 0.2) is 5.76 Å². The Morgan fingerprint density at radius 1 is 1.43 bits per heavy atom. The van der Waals surface area contributed by atoms with Crippen LogP contribution in [0.15, 0.2) is 10.6 Å². The van der Waals surface area contributed by atoms with Gasteiger partial charge in [0.25, 0.3) is 0 Å². The maximum absolute atomic E-state index is 5.94. The third kappa shape index (κ3) is 1.82. The zero-order chi connectivity index (χ0) is 10.2. The predicted molar refractivity (Wildman–Crippen MR) is 54.9 cm³/mol. The number of aromatic nitrogens is 1. The molecule has 0 aliphatic heterocycles. The second-order valence-corrected chi connectivity index (χ2v) is 4.82. The van der Waals surface area contributed by atoms with E-state index in [-0.39, 0.29) is 0 Å². The Hall–Kier alpha value is -0.830. The minimum Gasteiger partial charge on any atom is -0.359 e. The monoisotopic (exact) mass is 194 g/mol. The molecule has 0 unspecified atom stereocenters. The van der Waals surface area contributed by atoms with E-state index in [1.165, 1.54) is 25.7 Å². The van der Waals surface area contributed by atoms with Crippen LogP contribution in [-0.4, -0.2) is 5.16 Å². The zero-order valence-corrected chi connectivity index (χ0v) is 8.92. The second-order valence-electron chi connectivity index (χ2n) is 4.82. The number of nitrogens with zero attached hydrogens (tertiary/aromatic N) is 1. The molecule has 0 amide bonds. The van der Waals surface area contributed by atoms with Gasteiger partial charge in [-0.25, -0.2) is 0 Å². The van der Waals surface area contributed by atoms with Crippen molar-refractivity contribution < 1.29 is 4.52 Å². The molecule has 1 saturated carbocycles. The van der Waals surface area contributed by atoms with E-state index in [0.29, 0.717) is 5.92 Å². The Kier molecular flexibility index (Phi) is 2.35. The summed E-state index contributed by atoms with van der Waals surface area (Å²) in [6.07, 6.45) is 5.13. The summed E-state index contributed by atoms with van der Waals surface area (Å²) in [5.74, 6) is 1.40. The minimum atomic E-state index is -0.413. The lowest BCUT2D eigenvalue weighted by atomic mass is 9.99. The van der Waals surface area contributed by atoms with Crippen LogP contribution in [0.1, 0.15) is 56.9 Å². The van der Waals surface area contributed by atoms with Crippen molar-refractivity contribution in [1.82, 2.24) is 5.16 Å². The zero-order valence-electron chi connectivity index (χ0n) is 8.92. The Morgan fingerprint density at radius 2 is 2.07 bits per heavy atom. The molecule has 2 N–H and O–H groups in total. The number of nitrogens with two attached hydrogens (primary N) is 1. The molecule has 1 heterocycles. The first kappa shape index (κ1) is 9.71. The predicted octanol–water partition coefficient (Wildman–Crippen LogP) is 2.53. The molecule has 3 heteroatoms. The summed E-state index contributed by atoms with van der Waals surface area (Å²) < 4.78 is 5.27. The van der Waals surface area contributed by atoms with Gasteiger partial charge in [0, 0.05) is 12.0 Å². The first-order valence-corrected chi connectivity index (χ1v) is 5.33. The van der Waals surface area contributed by atoms with Crippen LogP contribution >= 0.6 is 0 Å². The SMILES string of the molecule is CC(C)(N)c1cc(C2CCCC2)no1. The summed E-state index contributed by atoms with van der Waals surface area (Å²) in [5, 5.41) is 4.11. The molecule has 0 atom stereocenters. The fourth-order valence-electron chi connectivity index (χ4n) is 2.01. The Labute approximate surface area is 84.7 Å². The van der Waals surface area contributed by atoms with E-state index in [1.807, 2.05) is 19.9 Å². The Balaban J connectivity index is 2.17. The van der Waals surface area contributed by atoms with E-state index in [2.05, 4.69) is 5.16 Å². The van der Waals surface area contributed by atoms with E-state index in [1.54, 1.807) is 0 Å². The van der Waals surface area contributed by atoms with Crippen molar-refractivity contribution in [2.24, 2.45) is 5.73 Å². The van der Waals surface area contributed by atoms with E-state index >= 15 is 0 Å². The molecule has 0 radical (unpaired) electrons. The quantitative estimate of drug-likeness (QED) is 0.787. The number of hydrogen-bond acceptors (Lipinski definition) is 3. The van der Waals surface area contributed by atoms with Crippen molar-refractivity contribution in [2.45, 2.75) is 51.0 Å². The third-order valence-corrected chi connectivity index (χ3v) is 2.94. The van der Waals surface area contributed by atoms with Crippen LogP contribution in [0.5, 0.6) is 0 Å². The van der Waals surface area contributed by atoms with Gasteiger partial charge >= 0.3 is 0 Å². The molecule has 0 saturated heterocycles. The third-order valence-electron chi connectivity index (χ3n) is 2.94. The number of rotatable bonds is 2. The number of hydrogen-bond donors (Lipinski definition) is 1. The van der Waals surface area contributed by atoms with Crippen LogP contribution < -0.4 is 5.73 Å². The summed E-state index contributed by atoms with van der Waals surface area (Å²) in [6.45, 7) is 3.87. The largest absolute Gasteiger partial charge is 0.359 e. The lowest BCUT2D eigenvalue weighted by Crippen LogP contribution is -2.27. The highest BCUT2D eigenvalue weighted by Crippen LogP contribution is 2.34. The van der Waals surface area contributed by atoms with Gasteiger partial charge in [0.1, 0.15) is 0 Å². The van der Waals surface area contributed by atoms with Gasteiger partial charge in [-0.05, 0) is 26.7 Å². The molecule has 1 aromatic heterocycles. The molecule has 0 spiro atoms. The maximum atomic E-state index is 5.94. The average Bonchev–Trinajstić information content (AvgIpc) is 2.73. The Bertz CT molecular complexity index is 305. The summed E-state index contributed by atoms with van der Waals surface area (Å²) >= 11 is 0. The highest BCUT2D eigenvalue weighted by atomic mass is 16.5. The van der Waals surface area contributed by atoms with Crippen molar-refractivity contribution in [3.05, 3.63) is 17.5 Å². The average molecular weight is 194 g/mol. The van der Waals surface area contributed by atoms with Gasteiger partial charge in [-0.15, -0.1) is 0 Å². The minimum absolute atomic E-state index is 0.413. The van der Waals surface area contributed by atoms with Crippen molar-refractivity contribution in [1.29, 1.82) is 0 Å². The van der Waals surface area contributed by atoms with Crippen LogP contribution in [0, 0.1) is 0 Å². The second kappa shape index (κ2) is 3.39. The van der Waals surface area contributed by atoms with Crippen molar-refractivity contribution >= 4 is 0 Å². The molecule has 1 fully saturated rings. The van der Waals surface area contributed by atoms with Crippen molar-refractivity contribution in [2.75, 3.05) is 0 Å². The van der Waals surface area contributed by atoms with Crippen LogP contribution in [0.4, 0.5) is 0 Å². The molecule has 1 aliphatic carbocycles. The van der Waals surface area contributed by atoms with Crippen LogP contribution in [0.25, 0.3) is 0 Å². The van der Waals surface area contributed by atoms with E-state index < -0.39 is 5.54 Å². The summed E-state index contributed by atoms with van der Waals surface area (Å²) in [4.78, 5) is 0. The molecule has 3 nitrogen and oxygen atoms in total.